The number of piperidine rings is 1. The van der Waals surface area contributed by atoms with Gasteiger partial charge in [-0.05, 0) is 25.3 Å². The summed E-state index contributed by atoms with van der Waals surface area (Å²) in [5.74, 6) is 0.718. The maximum atomic E-state index is 7.22. The lowest BCUT2D eigenvalue weighted by molar-refractivity contribution is 0.260. The third-order valence-corrected chi connectivity index (χ3v) is 2.19. The largest absolute Gasteiger partial charge is 0.370 e. The smallest absolute Gasteiger partial charge is 0.188 e. The zero-order valence-corrected chi connectivity index (χ0v) is 9.16. The van der Waals surface area contributed by atoms with Crippen LogP contribution in [0.5, 0.6) is 0 Å². The van der Waals surface area contributed by atoms with Gasteiger partial charge in [0.1, 0.15) is 0 Å². The Morgan fingerprint density at radius 1 is 1.46 bits per heavy atom. The molecule has 0 aromatic carbocycles. The molecule has 5 N–H and O–H groups in total. The van der Waals surface area contributed by atoms with E-state index in [0.29, 0.717) is 12.5 Å². The number of halogens is 2. The van der Waals surface area contributed by atoms with Crippen LogP contribution >= 0.6 is 24.8 Å². The van der Waals surface area contributed by atoms with Crippen molar-refractivity contribution in [1.82, 2.24) is 4.90 Å². The Hall–Kier alpha value is -0.190. The zero-order chi connectivity index (χ0) is 8.27. The molecule has 0 amide bonds. The Balaban J connectivity index is 0. The predicted octanol–water partition coefficient (Wildman–Crippen LogP) is 0.394. The Labute approximate surface area is 91.4 Å². The minimum absolute atomic E-state index is 0. The topological polar surface area (TPSA) is 79.1 Å². The molecular weight excluding hydrogens is 211 g/mol. The Morgan fingerprint density at radius 2 is 2.08 bits per heavy atom. The molecule has 1 aliphatic heterocycles. The lowest BCUT2D eigenvalue weighted by atomic mass is 9.99. The van der Waals surface area contributed by atoms with Gasteiger partial charge < -0.3 is 16.4 Å². The van der Waals surface area contributed by atoms with E-state index in [-0.39, 0.29) is 30.8 Å². The van der Waals surface area contributed by atoms with E-state index in [9.17, 15) is 0 Å². The van der Waals surface area contributed by atoms with Crippen LogP contribution in [0.2, 0.25) is 0 Å². The maximum absolute atomic E-state index is 7.22. The summed E-state index contributed by atoms with van der Waals surface area (Å²) in [6.07, 6.45) is 2.29. The lowest BCUT2D eigenvalue weighted by Gasteiger charge is -2.32. The molecule has 0 bridgehead atoms. The van der Waals surface area contributed by atoms with Crippen LogP contribution in [0.15, 0.2) is 0 Å². The van der Waals surface area contributed by atoms with Crippen molar-refractivity contribution < 1.29 is 0 Å². The number of likely N-dealkylation sites (tertiary alicyclic amines) is 1. The van der Waals surface area contributed by atoms with E-state index in [1.54, 1.807) is 0 Å². The highest BCUT2D eigenvalue weighted by molar-refractivity contribution is 5.85. The first kappa shape index (κ1) is 15.3. The van der Waals surface area contributed by atoms with E-state index in [4.69, 9.17) is 16.9 Å². The first-order valence-corrected chi connectivity index (χ1v) is 4.03. The molecule has 1 aliphatic rings. The van der Waals surface area contributed by atoms with Crippen LogP contribution in [0.25, 0.3) is 0 Å². The number of nitrogens with two attached hydrogens (primary N) is 2. The molecule has 1 rings (SSSR count). The van der Waals surface area contributed by atoms with Crippen LogP contribution in [-0.2, 0) is 0 Å². The van der Waals surface area contributed by atoms with E-state index in [0.717, 1.165) is 19.5 Å². The number of rotatable bonds is 1. The summed E-state index contributed by atoms with van der Waals surface area (Å²) in [5, 5.41) is 7.22. The fourth-order valence-corrected chi connectivity index (χ4v) is 1.48. The summed E-state index contributed by atoms with van der Waals surface area (Å²) < 4.78 is 0. The molecule has 0 aromatic heterocycles. The molecule has 1 atom stereocenters. The second-order valence-electron chi connectivity index (χ2n) is 3.08. The van der Waals surface area contributed by atoms with Crippen molar-refractivity contribution >= 4 is 30.8 Å². The summed E-state index contributed by atoms with van der Waals surface area (Å²) in [6, 6.07) is 0. The number of nitrogens with zero attached hydrogens (tertiary/aromatic N) is 1. The molecule has 0 aromatic rings. The molecule has 80 valence electrons. The maximum Gasteiger partial charge on any atom is 0.188 e. The average molecular weight is 229 g/mol. The first-order valence-electron chi connectivity index (χ1n) is 4.03. The Bertz CT molecular complexity index is 153. The monoisotopic (exact) mass is 228 g/mol. The van der Waals surface area contributed by atoms with Crippen LogP contribution in [0.4, 0.5) is 0 Å². The van der Waals surface area contributed by atoms with Crippen molar-refractivity contribution in [1.29, 1.82) is 5.41 Å². The Morgan fingerprint density at radius 3 is 2.54 bits per heavy atom. The third kappa shape index (κ3) is 4.55. The van der Waals surface area contributed by atoms with Gasteiger partial charge in [-0.3, -0.25) is 5.41 Å². The van der Waals surface area contributed by atoms with Gasteiger partial charge in [-0.15, -0.1) is 24.8 Å². The van der Waals surface area contributed by atoms with Crippen LogP contribution < -0.4 is 11.5 Å². The number of guanidine groups is 1. The molecule has 4 nitrogen and oxygen atoms in total. The van der Waals surface area contributed by atoms with Crippen molar-refractivity contribution in [2.24, 2.45) is 17.4 Å². The summed E-state index contributed by atoms with van der Waals surface area (Å²) in [6.45, 7) is 2.50. The van der Waals surface area contributed by atoms with Crippen molar-refractivity contribution in [3.8, 4) is 0 Å². The predicted molar refractivity (Wildman–Crippen MR) is 59.8 cm³/mol. The molecule has 0 saturated carbocycles. The summed E-state index contributed by atoms with van der Waals surface area (Å²) in [4.78, 5) is 1.89. The summed E-state index contributed by atoms with van der Waals surface area (Å²) >= 11 is 0. The minimum atomic E-state index is 0. The molecule has 1 heterocycles. The van der Waals surface area contributed by atoms with Crippen molar-refractivity contribution in [2.45, 2.75) is 12.8 Å². The molecule has 1 fully saturated rings. The van der Waals surface area contributed by atoms with E-state index in [1.807, 2.05) is 4.90 Å². The average Bonchev–Trinajstić information content (AvgIpc) is 2.05. The van der Waals surface area contributed by atoms with Gasteiger partial charge >= 0.3 is 0 Å². The van der Waals surface area contributed by atoms with Crippen molar-refractivity contribution in [3.63, 3.8) is 0 Å². The highest BCUT2D eigenvalue weighted by Gasteiger charge is 2.18. The zero-order valence-electron chi connectivity index (χ0n) is 7.53. The fourth-order valence-electron chi connectivity index (χ4n) is 1.48. The SMILES string of the molecule is Cl.Cl.N=C(N)N1CCC[C@H](CN)C1. The fraction of sp³-hybridized carbons (Fsp3) is 0.857. The molecule has 13 heavy (non-hydrogen) atoms. The molecular formula is C7H18Cl2N4. The minimum Gasteiger partial charge on any atom is -0.370 e. The van der Waals surface area contributed by atoms with E-state index in [1.165, 1.54) is 6.42 Å². The highest BCUT2D eigenvalue weighted by atomic mass is 35.5. The van der Waals surface area contributed by atoms with E-state index >= 15 is 0 Å². The third-order valence-electron chi connectivity index (χ3n) is 2.19. The second kappa shape index (κ2) is 7.24. The van der Waals surface area contributed by atoms with Gasteiger partial charge in [0.15, 0.2) is 5.96 Å². The number of hydrogen-bond donors (Lipinski definition) is 3. The number of hydrogen-bond acceptors (Lipinski definition) is 2. The van der Waals surface area contributed by atoms with Crippen molar-refractivity contribution in [3.05, 3.63) is 0 Å². The molecule has 1 saturated heterocycles. The van der Waals surface area contributed by atoms with Gasteiger partial charge in [-0.25, -0.2) is 0 Å². The number of nitrogens with one attached hydrogen (secondary N) is 1. The van der Waals surface area contributed by atoms with E-state index in [2.05, 4.69) is 0 Å². The van der Waals surface area contributed by atoms with E-state index < -0.39 is 0 Å². The standard InChI is InChI=1S/C7H16N4.2ClH/c8-4-6-2-1-3-11(5-6)7(9)10;;/h6H,1-5,8H2,(H3,9,10);2*1H/t6-;;/m1../s1. The van der Waals surface area contributed by atoms with Gasteiger partial charge in [-0.2, -0.15) is 0 Å². The van der Waals surface area contributed by atoms with Gasteiger partial charge in [-0.1, -0.05) is 0 Å². The molecule has 0 unspecified atom stereocenters. The lowest BCUT2D eigenvalue weighted by Crippen LogP contribution is -2.45. The molecule has 0 radical (unpaired) electrons. The van der Waals surface area contributed by atoms with Crippen LogP contribution in [0.1, 0.15) is 12.8 Å². The van der Waals surface area contributed by atoms with Crippen molar-refractivity contribution in [2.75, 3.05) is 19.6 Å². The van der Waals surface area contributed by atoms with Gasteiger partial charge in [0, 0.05) is 13.1 Å². The quantitative estimate of drug-likeness (QED) is 0.449. The first-order chi connectivity index (χ1) is 5.24. The molecule has 0 spiro atoms. The second-order valence-corrected chi connectivity index (χ2v) is 3.08. The van der Waals surface area contributed by atoms with Gasteiger partial charge in [0.05, 0.1) is 0 Å². The van der Waals surface area contributed by atoms with Crippen LogP contribution in [-0.4, -0.2) is 30.5 Å². The summed E-state index contributed by atoms with van der Waals surface area (Å²) in [5.41, 5.74) is 10.9. The summed E-state index contributed by atoms with van der Waals surface area (Å²) in [7, 11) is 0. The van der Waals surface area contributed by atoms with Crippen LogP contribution in [0.3, 0.4) is 0 Å². The Kier molecular flexibility index (Phi) is 8.51. The van der Waals surface area contributed by atoms with Crippen LogP contribution in [0, 0.1) is 11.3 Å². The highest BCUT2D eigenvalue weighted by Crippen LogP contribution is 2.13. The molecule has 0 aliphatic carbocycles. The normalized spacial score (nSPS) is 21.3. The van der Waals surface area contributed by atoms with Gasteiger partial charge in [0.25, 0.3) is 0 Å². The van der Waals surface area contributed by atoms with Gasteiger partial charge in [0.2, 0.25) is 0 Å². The molecule has 6 heteroatoms.